The van der Waals surface area contributed by atoms with Crippen LogP contribution < -0.4 is 16.5 Å². The van der Waals surface area contributed by atoms with E-state index in [0.29, 0.717) is 10.9 Å². The number of oxazole rings is 1. The molecule has 0 saturated carbocycles. The highest BCUT2D eigenvalue weighted by molar-refractivity contribution is 7.10. The molecule has 3 nitrogen and oxygen atoms in total. The van der Waals surface area contributed by atoms with E-state index in [1.54, 1.807) is 23.5 Å². The van der Waals surface area contributed by atoms with Gasteiger partial charge in [-0.1, -0.05) is 36.4 Å². The molecule has 0 amide bonds. The van der Waals surface area contributed by atoms with Crippen LogP contribution in [0.25, 0.3) is 12.2 Å². The van der Waals surface area contributed by atoms with E-state index >= 15 is 0 Å². The number of nitrogens with one attached hydrogen (secondary N) is 1. The topological polar surface area (TPSA) is 46.0 Å². The molecular weight excluding hydrogens is 258 g/mol. The Morgan fingerprint density at radius 1 is 1.05 bits per heavy atom. The summed E-state index contributed by atoms with van der Waals surface area (Å²) in [6.07, 6.45) is 3.59. The van der Waals surface area contributed by atoms with Crippen molar-refractivity contribution < 1.29 is 4.42 Å². The van der Waals surface area contributed by atoms with Gasteiger partial charge in [0.2, 0.25) is 5.55 Å². The molecule has 0 radical (unpaired) electrons. The molecule has 0 aliphatic carbocycles. The number of H-pyrrole nitrogens is 1. The minimum absolute atomic E-state index is 0.351. The molecule has 19 heavy (non-hydrogen) atoms. The Morgan fingerprint density at radius 3 is 2.63 bits per heavy atom. The smallest absolute Gasteiger partial charge is 0.361 e. The lowest BCUT2D eigenvalue weighted by Gasteiger charge is -1.87. The number of aromatic amines is 1. The van der Waals surface area contributed by atoms with Crippen molar-refractivity contribution in [2.24, 2.45) is 0 Å². The first kappa shape index (κ1) is 11.7. The number of hydrogen-bond acceptors (Lipinski definition) is 3. The summed E-state index contributed by atoms with van der Waals surface area (Å²) >= 11 is 1.57. The average Bonchev–Trinajstić information content (AvgIpc) is 3.02. The predicted molar refractivity (Wildman–Crippen MR) is 76.5 cm³/mol. The van der Waals surface area contributed by atoms with Gasteiger partial charge in [-0.3, -0.25) is 0 Å². The maximum absolute atomic E-state index is 11.7. The van der Waals surface area contributed by atoms with E-state index in [4.69, 9.17) is 4.42 Å². The lowest BCUT2D eigenvalue weighted by atomic mass is 10.2. The standard InChI is InChI=1S/C15H11NO2S/c17-15-13(10-12-7-4-8-19-12)16-14(18-15)9-11-5-2-1-3-6-11/h1-10,16H. The van der Waals surface area contributed by atoms with Crippen LogP contribution in [0.15, 0.2) is 57.1 Å². The molecule has 0 aliphatic rings. The fourth-order valence-electron chi connectivity index (χ4n) is 1.74. The Hall–Kier alpha value is -2.33. The van der Waals surface area contributed by atoms with Gasteiger partial charge in [0.25, 0.3) is 0 Å². The van der Waals surface area contributed by atoms with Crippen molar-refractivity contribution in [3.8, 4) is 0 Å². The van der Waals surface area contributed by atoms with Crippen molar-refractivity contribution in [2.75, 3.05) is 0 Å². The number of benzene rings is 1. The van der Waals surface area contributed by atoms with E-state index < -0.39 is 0 Å². The van der Waals surface area contributed by atoms with Gasteiger partial charge in [0, 0.05) is 11.0 Å². The summed E-state index contributed by atoms with van der Waals surface area (Å²) in [5.41, 5.74) is 1.09. The van der Waals surface area contributed by atoms with E-state index in [1.807, 2.05) is 47.8 Å². The van der Waals surface area contributed by atoms with E-state index in [1.165, 1.54) is 0 Å². The quantitative estimate of drug-likeness (QED) is 0.769. The third-order valence-electron chi connectivity index (χ3n) is 2.61. The van der Waals surface area contributed by atoms with Crippen molar-refractivity contribution in [3.63, 3.8) is 0 Å². The molecule has 3 rings (SSSR count). The Bertz CT molecular complexity index is 826. The lowest BCUT2D eigenvalue weighted by Crippen LogP contribution is -2.20. The summed E-state index contributed by atoms with van der Waals surface area (Å²) in [7, 11) is 0. The molecule has 0 fully saturated rings. The van der Waals surface area contributed by atoms with Crippen molar-refractivity contribution >= 4 is 23.5 Å². The second kappa shape index (κ2) is 5.12. The van der Waals surface area contributed by atoms with E-state index in [9.17, 15) is 4.79 Å². The van der Waals surface area contributed by atoms with Gasteiger partial charge in [-0.25, -0.2) is 4.79 Å². The number of hydrogen-bond donors (Lipinski definition) is 1. The SMILES string of the molecule is O=c1oc(=Cc2ccccc2)[nH]c1=Cc1cccs1. The van der Waals surface area contributed by atoms with Crippen LogP contribution in [0.2, 0.25) is 0 Å². The molecule has 1 aromatic carbocycles. The molecule has 3 aromatic rings. The van der Waals surface area contributed by atoms with Crippen LogP contribution in [0, 0.1) is 0 Å². The van der Waals surface area contributed by atoms with Crippen LogP contribution in [0.4, 0.5) is 0 Å². The highest BCUT2D eigenvalue weighted by Gasteiger charge is 1.97. The summed E-state index contributed by atoms with van der Waals surface area (Å²) in [6.45, 7) is 0. The number of rotatable bonds is 2. The molecule has 0 atom stereocenters. The van der Waals surface area contributed by atoms with Crippen molar-refractivity contribution in [1.82, 2.24) is 4.98 Å². The Kier molecular flexibility index (Phi) is 3.16. The third kappa shape index (κ3) is 2.74. The fraction of sp³-hybridized carbons (Fsp3) is 0. The van der Waals surface area contributed by atoms with Crippen LogP contribution in [-0.4, -0.2) is 4.98 Å². The van der Waals surface area contributed by atoms with Gasteiger partial charge in [-0.2, -0.15) is 0 Å². The van der Waals surface area contributed by atoms with Crippen LogP contribution in [0.5, 0.6) is 0 Å². The molecule has 0 aliphatic heterocycles. The fourth-order valence-corrected chi connectivity index (χ4v) is 2.40. The Morgan fingerprint density at radius 2 is 1.89 bits per heavy atom. The molecule has 0 spiro atoms. The molecular formula is C15H11NO2S. The van der Waals surface area contributed by atoms with Crippen LogP contribution >= 0.6 is 11.3 Å². The summed E-state index contributed by atoms with van der Waals surface area (Å²) in [4.78, 5) is 15.7. The predicted octanol–water partition coefficient (Wildman–Crippen LogP) is 1.69. The van der Waals surface area contributed by atoms with Gasteiger partial charge >= 0.3 is 5.63 Å². The van der Waals surface area contributed by atoms with Crippen LogP contribution in [0.3, 0.4) is 0 Å². The van der Waals surface area contributed by atoms with Crippen molar-refractivity contribution in [2.45, 2.75) is 0 Å². The number of aromatic nitrogens is 1. The molecule has 0 unspecified atom stereocenters. The zero-order chi connectivity index (χ0) is 13.1. The Balaban J connectivity index is 2.08. The van der Waals surface area contributed by atoms with Gasteiger partial charge in [-0.15, -0.1) is 11.3 Å². The zero-order valence-electron chi connectivity index (χ0n) is 10.00. The molecule has 0 bridgehead atoms. The van der Waals surface area contributed by atoms with Gasteiger partial charge in [-0.05, 0) is 23.1 Å². The minimum atomic E-state index is -0.351. The van der Waals surface area contributed by atoms with Gasteiger partial charge in [0.15, 0.2) is 0 Å². The molecule has 2 heterocycles. The number of thiophene rings is 1. The highest BCUT2D eigenvalue weighted by Crippen LogP contribution is 2.07. The maximum atomic E-state index is 11.7. The molecule has 94 valence electrons. The first-order valence-corrected chi connectivity index (χ1v) is 6.70. The summed E-state index contributed by atoms with van der Waals surface area (Å²) in [6, 6.07) is 13.6. The monoisotopic (exact) mass is 269 g/mol. The first-order valence-electron chi connectivity index (χ1n) is 5.82. The van der Waals surface area contributed by atoms with Crippen molar-refractivity contribution in [3.05, 3.63) is 79.6 Å². The summed E-state index contributed by atoms with van der Waals surface area (Å²) in [5, 5.41) is 2.43. The molecule has 1 N–H and O–H groups in total. The van der Waals surface area contributed by atoms with Crippen molar-refractivity contribution in [1.29, 1.82) is 0 Å². The van der Waals surface area contributed by atoms with E-state index in [-0.39, 0.29) is 5.63 Å². The maximum Gasteiger partial charge on any atom is 0.361 e. The lowest BCUT2D eigenvalue weighted by molar-refractivity contribution is 0.486. The van der Waals surface area contributed by atoms with Gasteiger partial charge in [0.05, 0.1) is 0 Å². The Labute approximate surface area is 113 Å². The minimum Gasteiger partial charge on any atom is -0.405 e. The normalized spacial score (nSPS) is 13.1. The largest absolute Gasteiger partial charge is 0.405 e. The summed E-state index contributed by atoms with van der Waals surface area (Å²) < 4.78 is 5.17. The molecule has 2 aromatic heterocycles. The van der Waals surface area contributed by atoms with E-state index in [0.717, 1.165) is 10.4 Å². The van der Waals surface area contributed by atoms with E-state index in [2.05, 4.69) is 4.98 Å². The first-order chi connectivity index (χ1) is 9.31. The second-order valence-electron chi connectivity index (χ2n) is 4.01. The zero-order valence-corrected chi connectivity index (χ0v) is 10.8. The summed E-state index contributed by atoms with van der Waals surface area (Å²) in [5.74, 6) is 0. The third-order valence-corrected chi connectivity index (χ3v) is 3.43. The molecule has 4 heteroatoms. The molecule has 0 saturated heterocycles. The van der Waals surface area contributed by atoms with Gasteiger partial charge < -0.3 is 9.40 Å². The van der Waals surface area contributed by atoms with Gasteiger partial charge in [0.1, 0.15) is 5.35 Å². The second-order valence-corrected chi connectivity index (χ2v) is 4.99. The average molecular weight is 269 g/mol. The van der Waals surface area contributed by atoms with Crippen LogP contribution in [0.1, 0.15) is 10.4 Å². The van der Waals surface area contributed by atoms with Crippen LogP contribution in [-0.2, 0) is 0 Å². The highest BCUT2D eigenvalue weighted by atomic mass is 32.1.